The average molecular weight is 359 g/mol. The molecule has 0 spiro atoms. The number of thiocarbonyl (C=S) groups is 1. The Labute approximate surface area is 152 Å². The zero-order valence-electron chi connectivity index (χ0n) is 14.4. The van der Waals surface area contributed by atoms with E-state index in [9.17, 15) is 4.79 Å². The summed E-state index contributed by atoms with van der Waals surface area (Å²) in [5.74, 6) is 0.693. The topological polar surface area (TPSA) is 71.6 Å². The van der Waals surface area contributed by atoms with Crippen LogP contribution in [0.5, 0.6) is 11.5 Å². The molecule has 0 saturated heterocycles. The molecule has 0 heterocycles. The standard InChI is InChI=1S/C18H21N3O3S/c1-4-12-5-8-14(9-6-12)19-18(25)21-20-17(22)13-7-10-15(23-2)16(11-13)24-3/h5-11H,4H2,1-3H3,(H,20,22)(H2,19,21,25). The number of rotatable bonds is 5. The van der Waals surface area contributed by atoms with Crippen LogP contribution < -0.4 is 25.6 Å². The van der Waals surface area contributed by atoms with Crippen molar-refractivity contribution in [1.29, 1.82) is 0 Å². The summed E-state index contributed by atoms with van der Waals surface area (Å²) in [6.45, 7) is 2.10. The predicted octanol–water partition coefficient (Wildman–Crippen LogP) is 2.90. The SMILES string of the molecule is CCc1ccc(NC(=S)NNC(=O)c2ccc(OC)c(OC)c2)cc1. The quantitative estimate of drug-likeness (QED) is 0.563. The number of nitrogens with one attached hydrogen (secondary N) is 3. The summed E-state index contributed by atoms with van der Waals surface area (Å²) in [5.41, 5.74) is 7.72. The summed E-state index contributed by atoms with van der Waals surface area (Å²) in [6.07, 6.45) is 0.977. The molecule has 0 atom stereocenters. The third kappa shape index (κ3) is 5.09. The minimum absolute atomic E-state index is 0.290. The number of hydrogen-bond acceptors (Lipinski definition) is 4. The van der Waals surface area contributed by atoms with E-state index in [4.69, 9.17) is 21.7 Å². The van der Waals surface area contributed by atoms with Crippen LogP contribution in [0.4, 0.5) is 5.69 Å². The van der Waals surface area contributed by atoms with Gasteiger partial charge in [0.2, 0.25) is 0 Å². The van der Waals surface area contributed by atoms with Crippen molar-refractivity contribution in [2.75, 3.05) is 19.5 Å². The molecule has 7 heteroatoms. The molecule has 132 valence electrons. The molecule has 2 aromatic rings. The minimum Gasteiger partial charge on any atom is -0.493 e. The highest BCUT2D eigenvalue weighted by Gasteiger charge is 2.10. The smallest absolute Gasteiger partial charge is 0.269 e. The number of methoxy groups -OCH3 is 2. The Bertz CT molecular complexity index is 748. The lowest BCUT2D eigenvalue weighted by atomic mass is 10.1. The lowest BCUT2D eigenvalue weighted by Gasteiger charge is -2.13. The van der Waals surface area contributed by atoms with E-state index in [1.165, 1.54) is 19.8 Å². The fourth-order valence-electron chi connectivity index (χ4n) is 2.15. The Morgan fingerprint density at radius 3 is 2.28 bits per heavy atom. The van der Waals surface area contributed by atoms with Crippen LogP contribution in [-0.4, -0.2) is 25.2 Å². The van der Waals surface area contributed by atoms with E-state index in [-0.39, 0.29) is 11.0 Å². The van der Waals surface area contributed by atoms with E-state index >= 15 is 0 Å². The van der Waals surface area contributed by atoms with Gasteiger partial charge in [-0.15, -0.1) is 0 Å². The maximum Gasteiger partial charge on any atom is 0.269 e. The van der Waals surface area contributed by atoms with Crippen molar-refractivity contribution < 1.29 is 14.3 Å². The minimum atomic E-state index is -0.341. The molecular formula is C18H21N3O3S. The lowest BCUT2D eigenvalue weighted by Crippen LogP contribution is -2.43. The number of hydrazine groups is 1. The fourth-order valence-corrected chi connectivity index (χ4v) is 2.32. The number of benzene rings is 2. The molecule has 2 rings (SSSR count). The van der Waals surface area contributed by atoms with Gasteiger partial charge >= 0.3 is 0 Å². The van der Waals surface area contributed by atoms with E-state index < -0.39 is 0 Å². The fraction of sp³-hybridized carbons (Fsp3) is 0.222. The van der Waals surface area contributed by atoms with Crippen molar-refractivity contribution in [2.24, 2.45) is 0 Å². The van der Waals surface area contributed by atoms with E-state index in [2.05, 4.69) is 23.1 Å². The first kappa shape index (κ1) is 18.5. The van der Waals surface area contributed by atoms with Gasteiger partial charge in [0.1, 0.15) is 0 Å². The van der Waals surface area contributed by atoms with Gasteiger partial charge in [0.25, 0.3) is 5.91 Å². The van der Waals surface area contributed by atoms with Gasteiger partial charge in [-0.2, -0.15) is 0 Å². The van der Waals surface area contributed by atoms with Gasteiger partial charge in [-0.25, -0.2) is 0 Å². The third-order valence-electron chi connectivity index (χ3n) is 3.56. The van der Waals surface area contributed by atoms with Crippen molar-refractivity contribution >= 4 is 28.9 Å². The van der Waals surface area contributed by atoms with E-state index in [0.29, 0.717) is 17.1 Å². The monoisotopic (exact) mass is 359 g/mol. The van der Waals surface area contributed by atoms with Crippen LogP contribution in [0.15, 0.2) is 42.5 Å². The summed E-state index contributed by atoms with van der Waals surface area (Å²) in [6, 6.07) is 12.8. The molecule has 6 nitrogen and oxygen atoms in total. The maximum atomic E-state index is 12.2. The Kier molecular flexibility index (Phi) is 6.59. The Morgan fingerprint density at radius 2 is 1.68 bits per heavy atom. The first-order valence-corrected chi connectivity index (χ1v) is 8.16. The molecule has 0 fully saturated rings. The van der Waals surface area contributed by atoms with Gasteiger partial charge in [-0.3, -0.25) is 15.6 Å². The number of anilines is 1. The molecule has 0 bridgehead atoms. The van der Waals surface area contributed by atoms with Crippen molar-refractivity contribution in [3.05, 3.63) is 53.6 Å². The Morgan fingerprint density at radius 1 is 1.00 bits per heavy atom. The van der Waals surface area contributed by atoms with Crippen LogP contribution in [-0.2, 0) is 6.42 Å². The highest BCUT2D eigenvalue weighted by Crippen LogP contribution is 2.27. The molecule has 0 aliphatic heterocycles. The predicted molar refractivity (Wildman–Crippen MR) is 102 cm³/mol. The van der Waals surface area contributed by atoms with Crippen LogP contribution in [0.1, 0.15) is 22.8 Å². The molecule has 2 aromatic carbocycles. The number of amides is 1. The molecular weight excluding hydrogens is 338 g/mol. The molecule has 0 radical (unpaired) electrons. The van der Waals surface area contributed by atoms with Crippen molar-refractivity contribution in [3.63, 3.8) is 0 Å². The maximum absolute atomic E-state index is 12.2. The average Bonchev–Trinajstić information content (AvgIpc) is 2.66. The Balaban J connectivity index is 1.91. The summed E-state index contributed by atoms with van der Waals surface area (Å²) < 4.78 is 10.3. The summed E-state index contributed by atoms with van der Waals surface area (Å²) in [7, 11) is 3.05. The summed E-state index contributed by atoms with van der Waals surface area (Å²) in [5, 5.41) is 3.29. The van der Waals surface area contributed by atoms with Crippen LogP contribution in [0, 0.1) is 0 Å². The zero-order chi connectivity index (χ0) is 18.2. The second-order valence-electron chi connectivity index (χ2n) is 5.15. The van der Waals surface area contributed by atoms with Crippen molar-refractivity contribution in [3.8, 4) is 11.5 Å². The van der Waals surface area contributed by atoms with Crippen LogP contribution in [0.2, 0.25) is 0 Å². The number of carbonyl (C=O) groups excluding carboxylic acids is 1. The normalized spacial score (nSPS) is 9.88. The Hall–Kier alpha value is -2.80. The first-order valence-electron chi connectivity index (χ1n) is 7.75. The van der Waals surface area contributed by atoms with Crippen molar-refractivity contribution in [1.82, 2.24) is 10.9 Å². The van der Waals surface area contributed by atoms with Crippen molar-refractivity contribution in [2.45, 2.75) is 13.3 Å². The zero-order valence-corrected chi connectivity index (χ0v) is 15.2. The lowest BCUT2D eigenvalue weighted by molar-refractivity contribution is 0.0944. The van der Waals surface area contributed by atoms with Gasteiger partial charge in [0.05, 0.1) is 14.2 Å². The molecule has 1 amide bonds. The van der Waals surface area contributed by atoms with Crippen LogP contribution in [0.25, 0.3) is 0 Å². The molecule has 0 saturated carbocycles. The van der Waals surface area contributed by atoms with E-state index in [0.717, 1.165) is 12.1 Å². The second kappa shape index (κ2) is 8.89. The highest BCUT2D eigenvalue weighted by molar-refractivity contribution is 7.80. The van der Waals surface area contributed by atoms with E-state index in [1.807, 2.05) is 24.3 Å². The number of carbonyl (C=O) groups is 1. The summed E-state index contributed by atoms with van der Waals surface area (Å²) >= 11 is 5.17. The van der Waals surface area contributed by atoms with Gasteiger partial charge in [-0.1, -0.05) is 19.1 Å². The van der Waals surface area contributed by atoms with Gasteiger partial charge in [0.15, 0.2) is 16.6 Å². The van der Waals surface area contributed by atoms with E-state index in [1.54, 1.807) is 18.2 Å². The van der Waals surface area contributed by atoms with Gasteiger partial charge < -0.3 is 14.8 Å². The number of hydrogen-bond donors (Lipinski definition) is 3. The van der Waals surface area contributed by atoms with Crippen LogP contribution >= 0.6 is 12.2 Å². The molecule has 25 heavy (non-hydrogen) atoms. The summed E-state index contributed by atoms with van der Waals surface area (Å²) in [4.78, 5) is 12.2. The second-order valence-corrected chi connectivity index (χ2v) is 5.56. The number of ether oxygens (including phenoxy) is 2. The van der Waals surface area contributed by atoms with Gasteiger partial charge in [0, 0.05) is 11.3 Å². The number of aryl methyl sites for hydroxylation is 1. The molecule has 3 N–H and O–H groups in total. The molecule has 0 unspecified atom stereocenters. The highest BCUT2D eigenvalue weighted by atomic mass is 32.1. The molecule has 0 aliphatic carbocycles. The third-order valence-corrected chi connectivity index (χ3v) is 3.76. The van der Waals surface area contributed by atoms with Gasteiger partial charge in [-0.05, 0) is 54.5 Å². The first-order chi connectivity index (χ1) is 12.1. The molecule has 0 aromatic heterocycles. The largest absolute Gasteiger partial charge is 0.493 e. The van der Waals surface area contributed by atoms with Crippen LogP contribution in [0.3, 0.4) is 0 Å². The molecule has 0 aliphatic rings.